The fraction of sp³-hybridized carbons (Fsp3) is 0.100. The zero-order valence-corrected chi connectivity index (χ0v) is 15.6. The van der Waals surface area contributed by atoms with Crippen molar-refractivity contribution in [3.63, 3.8) is 0 Å². The van der Waals surface area contributed by atoms with Crippen LogP contribution in [0.4, 0.5) is 0 Å². The molecule has 0 saturated heterocycles. The average Bonchev–Trinajstić information content (AvgIpc) is 2.68. The van der Waals surface area contributed by atoms with Crippen molar-refractivity contribution in [3.05, 3.63) is 89.7 Å². The number of nitrogens with zero attached hydrogens (tertiary/aromatic N) is 2. The average molecular weight is 381 g/mol. The van der Waals surface area contributed by atoms with Crippen molar-refractivity contribution in [2.24, 2.45) is 5.10 Å². The monoisotopic (exact) mass is 381 g/mol. The van der Waals surface area contributed by atoms with Crippen molar-refractivity contribution < 1.29 is 13.2 Å². The molecule has 7 heteroatoms. The van der Waals surface area contributed by atoms with E-state index < -0.39 is 10.0 Å². The largest absolute Gasteiger partial charge is 0.487 e. The van der Waals surface area contributed by atoms with E-state index in [1.807, 2.05) is 37.3 Å². The Kier molecular flexibility index (Phi) is 5.83. The van der Waals surface area contributed by atoms with Gasteiger partial charge in [0.2, 0.25) is 0 Å². The molecule has 0 unspecified atom stereocenters. The summed E-state index contributed by atoms with van der Waals surface area (Å²) in [4.78, 5) is 6.52. The van der Waals surface area contributed by atoms with Crippen LogP contribution in [0.25, 0.3) is 0 Å². The number of hydrogen-bond donors (Lipinski definition) is 1. The fourth-order valence-corrected chi connectivity index (χ4v) is 3.02. The lowest BCUT2D eigenvalue weighted by atomic mass is 10.2. The summed E-state index contributed by atoms with van der Waals surface area (Å²) in [6.07, 6.45) is 2.91. The molecule has 27 heavy (non-hydrogen) atoms. The van der Waals surface area contributed by atoms with E-state index in [-0.39, 0.29) is 4.90 Å². The first kappa shape index (κ1) is 18.6. The predicted molar refractivity (Wildman–Crippen MR) is 104 cm³/mol. The Morgan fingerprint density at radius 2 is 1.78 bits per heavy atom. The van der Waals surface area contributed by atoms with Crippen LogP contribution in [-0.4, -0.2) is 19.6 Å². The molecule has 138 valence electrons. The molecule has 1 aromatic heterocycles. The molecular formula is C20H19N3O3S. The molecule has 0 aliphatic rings. The van der Waals surface area contributed by atoms with Gasteiger partial charge in [-0.15, -0.1) is 0 Å². The second-order valence-corrected chi connectivity index (χ2v) is 7.52. The van der Waals surface area contributed by atoms with Gasteiger partial charge in [-0.3, -0.25) is 4.98 Å². The van der Waals surface area contributed by atoms with Gasteiger partial charge in [-0.1, -0.05) is 48.0 Å². The first-order valence-corrected chi connectivity index (χ1v) is 9.75. The van der Waals surface area contributed by atoms with Gasteiger partial charge in [0.15, 0.2) is 0 Å². The number of nitrogens with one attached hydrogen (secondary N) is 1. The van der Waals surface area contributed by atoms with E-state index in [1.165, 1.54) is 18.3 Å². The lowest BCUT2D eigenvalue weighted by molar-refractivity contribution is 0.305. The Hall–Kier alpha value is -3.19. The summed E-state index contributed by atoms with van der Waals surface area (Å²) in [7, 11) is -3.69. The zero-order chi connectivity index (χ0) is 19.1. The molecule has 3 aromatic rings. The van der Waals surface area contributed by atoms with Crippen molar-refractivity contribution in [1.29, 1.82) is 0 Å². The van der Waals surface area contributed by atoms with E-state index in [2.05, 4.69) is 14.9 Å². The van der Waals surface area contributed by atoms with E-state index in [0.717, 1.165) is 11.1 Å². The molecule has 0 aliphatic heterocycles. The standard InChI is InChI=1S/C20H19N3O3S/c1-16-7-11-20(12-8-16)27(24,25)23-22-13-18-9-10-19(14-21-18)26-15-17-5-3-2-4-6-17/h2-14,23H,15H2,1H3. The van der Waals surface area contributed by atoms with Crippen LogP contribution in [0.1, 0.15) is 16.8 Å². The highest BCUT2D eigenvalue weighted by atomic mass is 32.2. The van der Waals surface area contributed by atoms with E-state index in [4.69, 9.17) is 4.74 Å². The molecule has 0 spiro atoms. The number of benzene rings is 2. The second kappa shape index (κ2) is 8.46. The summed E-state index contributed by atoms with van der Waals surface area (Å²) in [6, 6.07) is 19.8. The van der Waals surface area contributed by atoms with Gasteiger partial charge in [0, 0.05) is 0 Å². The number of pyridine rings is 1. The van der Waals surface area contributed by atoms with Crippen molar-refractivity contribution in [1.82, 2.24) is 9.82 Å². The molecule has 0 amide bonds. The molecule has 3 rings (SSSR count). The fourth-order valence-electron chi connectivity index (χ4n) is 2.23. The van der Waals surface area contributed by atoms with E-state index >= 15 is 0 Å². The summed E-state index contributed by atoms with van der Waals surface area (Å²) in [5.74, 6) is 0.622. The minimum Gasteiger partial charge on any atom is -0.487 e. The first-order chi connectivity index (χ1) is 13.0. The number of hydrazone groups is 1. The van der Waals surface area contributed by atoms with Crippen LogP contribution in [0.2, 0.25) is 0 Å². The van der Waals surface area contributed by atoms with Gasteiger partial charge in [-0.05, 0) is 36.8 Å². The third-order valence-corrected chi connectivity index (χ3v) is 4.95. The number of aromatic nitrogens is 1. The van der Waals surface area contributed by atoms with Crippen molar-refractivity contribution >= 4 is 16.2 Å². The van der Waals surface area contributed by atoms with Crippen LogP contribution < -0.4 is 9.57 Å². The molecule has 0 aliphatic carbocycles. The van der Waals surface area contributed by atoms with Crippen LogP contribution >= 0.6 is 0 Å². The molecule has 1 N–H and O–H groups in total. The Morgan fingerprint density at radius 3 is 2.44 bits per heavy atom. The van der Waals surface area contributed by atoms with Gasteiger partial charge >= 0.3 is 0 Å². The third kappa shape index (κ3) is 5.39. The minimum atomic E-state index is -3.69. The Labute approximate surface area is 158 Å². The van der Waals surface area contributed by atoms with Gasteiger partial charge in [0.1, 0.15) is 12.4 Å². The summed E-state index contributed by atoms with van der Waals surface area (Å²) in [6.45, 7) is 2.34. The summed E-state index contributed by atoms with van der Waals surface area (Å²) in [5, 5.41) is 3.77. The first-order valence-electron chi connectivity index (χ1n) is 8.27. The highest BCUT2D eigenvalue weighted by Gasteiger charge is 2.11. The van der Waals surface area contributed by atoms with Gasteiger partial charge < -0.3 is 4.74 Å². The molecular weight excluding hydrogens is 362 g/mol. The smallest absolute Gasteiger partial charge is 0.276 e. The van der Waals surface area contributed by atoms with Crippen LogP contribution in [0.5, 0.6) is 5.75 Å². The third-order valence-electron chi connectivity index (χ3n) is 3.71. The number of ether oxygens (including phenoxy) is 1. The Balaban J connectivity index is 1.56. The number of sulfonamides is 1. The zero-order valence-electron chi connectivity index (χ0n) is 14.7. The van der Waals surface area contributed by atoms with Gasteiger partial charge in [-0.25, -0.2) is 4.83 Å². The highest BCUT2D eigenvalue weighted by Crippen LogP contribution is 2.12. The summed E-state index contributed by atoms with van der Waals surface area (Å²) < 4.78 is 29.9. The molecule has 0 bridgehead atoms. The Bertz CT molecular complexity index is 1000. The van der Waals surface area contributed by atoms with E-state index in [1.54, 1.807) is 30.5 Å². The lowest BCUT2D eigenvalue weighted by Crippen LogP contribution is -2.18. The molecule has 6 nitrogen and oxygen atoms in total. The van der Waals surface area contributed by atoms with Crippen LogP contribution in [0.3, 0.4) is 0 Å². The lowest BCUT2D eigenvalue weighted by Gasteiger charge is -2.06. The van der Waals surface area contributed by atoms with Crippen LogP contribution in [0.15, 0.2) is 82.9 Å². The van der Waals surface area contributed by atoms with Crippen LogP contribution in [0, 0.1) is 6.92 Å². The van der Waals surface area contributed by atoms with Crippen molar-refractivity contribution in [2.45, 2.75) is 18.4 Å². The summed E-state index contributed by atoms with van der Waals surface area (Å²) >= 11 is 0. The SMILES string of the molecule is Cc1ccc(S(=O)(=O)NN=Cc2ccc(OCc3ccccc3)cn2)cc1. The van der Waals surface area contributed by atoms with Gasteiger partial charge in [-0.2, -0.15) is 13.5 Å². The van der Waals surface area contributed by atoms with Gasteiger partial charge in [0.05, 0.1) is 23.0 Å². The normalized spacial score (nSPS) is 11.4. The number of rotatable bonds is 7. The quantitative estimate of drug-likeness (QED) is 0.503. The van der Waals surface area contributed by atoms with Crippen LogP contribution in [-0.2, 0) is 16.6 Å². The summed E-state index contributed by atoms with van der Waals surface area (Å²) in [5.41, 5.74) is 2.55. The highest BCUT2D eigenvalue weighted by molar-refractivity contribution is 7.89. The molecule has 0 saturated carbocycles. The maximum Gasteiger partial charge on any atom is 0.276 e. The molecule has 0 fully saturated rings. The number of hydrogen-bond acceptors (Lipinski definition) is 5. The van der Waals surface area contributed by atoms with E-state index in [0.29, 0.717) is 18.1 Å². The molecule has 2 aromatic carbocycles. The van der Waals surface area contributed by atoms with E-state index in [9.17, 15) is 8.42 Å². The van der Waals surface area contributed by atoms with Gasteiger partial charge in [0.25, 0.3) is 10.0 Å². The number of aryl methyl sites for hydroxylation is 1. The maximum atomic E-state index is 12.1. The molecule has 0 atom stereocenters. The maximum absolute atomic E-state index is 12.1. The topological polar surface area (TPSA) is 80.7 Å². The van der Waals surface area contributed by atoms with Crippen molar-refractivity contribution in [2.75, 3.05) is 0 Å². The minimum absolute atomic E-state index is 0.155. The molecule has 1 heterocycles. The molecule has 0 radical (unpaired) electrons. The predicted octanol–water partition coefficient (Wildman–Crippen LogP) is 3.28. The Morgan fingerprint density at radius 1 is 1.04 bits per heavy atom. The second-order valence-electron chi connectivity index (χ2n) is 5.86. The van der Waals surface area contributed by atoms with Crippen molar-refractivity contribution in [3.8, 4) is 5.75 Å².